The van der Waals surface area contributed by atoms with Crippen molar-refractivity contribution < 1.29 is 5.11 Å². The Hall–Kier alpha value is -0.870. The largest absolute Gasteiger partial charge is 0.382 e. The van der Waals surface area contributed by atoms with Crippen LogP contribution in [0.4, 0.5) is 0 Å². The first-order chi connectivity index (χ1) is 6.15. The molecule has 0 bridgehead atoms. The van der Waals surface area contributed by atoms with E-state index in [-0.39, 0.29) is 6.04 Å². The van der Waals surface area contributed by atoms with Gasteiger partial charge in [-0.1, -0.05) is 0 Å². The summed E-state index contributed by atoms with van der Waals surface area (Å²) in [4.78, 5) is 4.17. The Bertz CT molecular complexity index is 302. The van der Waals surface area contributed by atoms with Crippen molar-refractivity contribution in [2.75, 3.05) is 0 Å². The molecule has 0 spiro atoms. The summed E-state index contributed by atoms with van der Waals surface area (Å²) in [6.45, 7) is 2.88. The quantitative estimate of drug-likeness (QED) is 0.685. The molecule has 2 rings (SSSR count). The van der Waals surface area contributed by atoms with Gasteiger partial charge in [0.05, 0.1) is 0 Å². The summed E-state index contributed by atoms with van der Waals surface area (Å²) in [7, 11) is 0. The van der Waals surface area contributed by atoms with Gasteiger partial charge >= 0.3 is 0 Å². The number of nitrogens with two attached hydrogens (primary N) is 1. The standard InChI is InChI=1S/C9H15N3O/c1-2-12-4-3-11-8(12)9(13)5-7(10)6-9/h3-4,7,13H,2,5-6,10H2,1H3. The zero-order chi connectivity index (χ0) is 9.47. The predicted molar refractivity (Wildman–Crippen MR) is 49.0 cm³/mol. The molecule has 0 unspecified atom stereocenters. The Balaban J connectivity index is 2.25. The van der Waals surface area contributed by atoms with E-state index < -0.39 is 5.60 Å². The Morgan fingerprint density at radius 3 is 3.00 bits per heavy atom. The Labute approximate surface area is 77.4 Å². The van der Waals surface area contributed by atoms with Gasteiger partial charge in [0.25, 0.3) is 0 Å². The molecular formula is C9H15N3O. The fourth-order valence-corrected chi connectivity index (χ4v) is 1.96. The summed E-state index contributed by atoms with van der Waals surface area (Å²) < 4.78 is 1.96. The molecule has 1 aromatic heterocycles. The summed E-state index contributed by atoms with van der Waals surface area (Å²) in [6, 6.07) is 0.131. The second-order valence-electron chi connectivity index (χ2n) is 3.74. The molecule has 1 aliphatic rings. The van der Waals surface area contributed by atoms with E-state index in [1.165, 1.54) is 0 Å². The van der Waals surface area contributed by atoms with Crippen molar-refractivity contribution in [3.63, 3.8) is 0 Å². The van der Waals surface area contributed by atoms with Crippen LogP contribution in [0.2, 0.25) is 0 Å². The van der Waals surface area contributed by atoms with E-state index in [9.17, 15) is 5.11 Å². The van der Waals surface area contributed by atoms with Crippen molar-refractivity contribution in [1.82, 2.24) is 9.55 Å². The number of imidazole rings is 1. The maximum Gasteiger partial charge on any atom is 0.140 e. The van der Waals surface area contributed by atoms with E-state index >= 15 is 0 Å². The fourth-order valence-electron chi connectivity index (χ4n) is 1.96. The van der Waals surface area contributed by atoms with Crippen LogP contribution in [-0.2, 0) is 12.1 Å². The lowest BCUT2D eigenvalue weighted by molar-refractivity contribution is -0.0623. The Morgan fingerprint density at radius 2 is 2.46 bits per heavy atom. The minimum atomic E-state index is -0.765. The lowest BCUT2D eigenvalue weighted by Crippen LogP contribution is -2.50. The number of hydrogen-bond acceptors (Lipinski definition) is 3. The molecule has 1 heterocycles. The molecule has 13 heavy (non-hydrogen) atoms. The molecule has 4 heteroatoms. The SMILES string of the molecule is CCn1ccnc1C1(O)CC(N)C1. The molecule has 1 aliphatic carbocycles. The molecular weight excluding hydrogens is 166 g/mol. The van der Waals surface area contributed by atoms with Gasteiger partial charge < -0.3 is 15.4 Å². The molecule has 0 aromatic carbocycles. The maximum absolute atomic E-state index is 10.1. The first-order valence-electron chi connectivity index (χ1n) is 4.65. The topological polar surface area (TPSA) is 64.1 Å². The summed E-state index contributed by atoms with van der Waals surface area (Å²) in [5.74, 6) is 0.761. The number of rotatable bonds is 2. The fraction of sp³-hybridized carbons (Fsp3) is 0.667. The summed E-state index contributed by atoms with van der Waals surface area (Å²) in [5.41, 5.74) is 4.89. The van der Waals surface area contributed by atoms with Crippen LogP contribution < -0.4 is 5.73 Å². The second-order valence-corrected chi connectivity index (χ2v) is 3.74. The molecule has 0 saturated heterocycles. The van der Waals surface area contributed by atoms with Gasteiger partial charge in [0.1, 0.15) is 11.4 Å². The van der Waals surface area contributed by atoms with Gasteiger partial charge in [-0.05, 0) is 19.8 Å². The number of aryl methyl sites for hydroxylation is 1. The van der Waals surface area contributed by atoms with Gasteiger partial charge in [0, 0.05) is 25.0 Å². The van der Waals surface area contributed by atoms with E-state index in [1.807, 2.05) is 17.7 Å². The normalized spacial score (nSPS) is 33.0. The average molecular weight is 181 g/mol. The van der Waals surface area contributed by atoms with E-state index in [0.29, 0.717) is 12.8 Å². The van der Waals surface area contributed by atoms with Gasteiger partial charge in [-0.15, -0.1) is 0 Å². The smallest absolute Gasteiger partial charge is 0.140 e. The van der Waals surface area contributed by atoms with E-state index in [0.717, 1.165) is 12.4 Å². The van der Waals surface area contributed by atoms with Crippen LogP contribution in [0.1, 0.15) is 25.6 Å². The van der Waals surface area contributed by atoms with Gasteiger partial charge in [0.2, 0.25) is 0 Å². The maximum atomic E-state index is 10.1. The average Bonchev–Trinajstić information content (AvgIpc) is 2.48. The van der Waals surface area contributed by atoms with Crippen LogP contribution in [0.3, 0.4) is 0 Å². The number of hydrogen-bond donors (Lipinski definition) is 2. The third-order valence-corrected chi connectivity index (χ3v) is 2.67. The summed E-state index contributed by atoms with van der Waals surface area (Å²) in [6.07, 6.45) is 4.87. The molecule has 72 valence electrons. The first kappa shape index (κ1) is 8.72. The molecule has 4 nitrogen and oxygen atoms in total. The van der Waals surface area contributed by atoms with Crippen LogP contribution in [0, 0.1) is 0 Å². The minimum Gasteiger partial charge on any atom is -0.382 e. The summed E-state index contributed by atoms with van der Waals surface area (Å²) >= 11 is 0. The van der Waals surface area contributed by atoms with Crippen molar-refractivity contribution in [3.8, 4) is 0 Å². The monoisotopic (exact) mass is 181 g/mol. The van der Waals surface area contributed by atoms with Crippen molar-refractivity contribution in [2.45, 2.75) is 38.0 Å². The van der Waals surface area contributed by atoms with Crippen molar-refractivity contribution in [1.29, 1.82) is 0 Å². The zero-order valence-corrected chi connectivity index (χ0v) is 7.77. The molecule has 0 atom stereocenters. The highest BCUT2D eigenvalue weighted by Crippen LogP contribution is 2.39. The van der Waals surface area contributed by atoms with E-state index in [2.05, 4.69) is 4.98 Å². The number of nitrogens with zero attached hydrogens (tertiary/aromatic N) is 2. The first-order valence-corrected chi connectivity index (χ1v) is 4.65. The van der Waals surface area contributed by atoms with Crippen LogP contribution in [0.15, 0.2) is 12.4 Å². The molecule has 3 N–H and O–H groups in total. The highest BCUT2D eigenvalue weighted by molar-refractivity contribution is 5.12. The van der Waals surface area contributed by atoms with E-state index in [4.69, 9.17) is 5.73 Å². The Kier molecular flexibility index (Phi) is 1.89. The molecule has 1 saturated carbocycles. The van der Waals surface area contributed by atoms with Gasteiger partial charge in [-0.2, -0.15) is 0 Å². The van der Waals surface area contributed by atoms with Crippen LogP contribution in [0.25, 0.3) is 0 Å². The zero-order valence-electron chi connectivity index (χ0n) is 7.77. The third kappa shape index (κ3) is 1.26. The van der Waals surface area contributed by atoms with Crippen LogP contribution in [-0.4, -0.2) is 20.7 Å². The summed E-state index contributed by atoms with van der Waals surface area (Å²) in [5, 5.41) is 10.1. The molecule has 1 aromatic rings. The van der Waals surface area contributed by atoms with Gasteiger partial charge in [-0.3, -0.25) is 0 Å². The van der Waals surface area contributed by atoms with E-state index in [1.54, 1.807) is 6.20 Å². The van der Waals surface area contributed by atoms with Gasteiger partial charge in [0.15, 0.2) is 0 Å². The lowest BCUT2D eigenvalue weighted by Gasteiger charge is -2.41. The van der Waals surface area contributed by atoms with Crippen molar-refractivity contribution in [3.05, 3.63) is 18.2 Å². The lowest BCUT2D eigenvalue weighted by atomic mass is 9.75. The molecule has 0 amide bonds. The van der Waals surface area contributed by atoms with Crippen molar-refractivity contribution in [2.24, 2.45) is 5.73 Å². The highest BCUT2D eigenvalue weighted by Gasteiger charge is 2.45. The minimum absolute atomic E-state index is 0.131. The number of aromatic nitrogens is 2. The van der Waals surface area contributed by atoms with Crippen molar-refractivity contribution >= 4 is 0 Å². The molecule has 0 aliphatic heterocycles. The highest BCUT2D eigenvalue weighted by atomic mass is 16.3. The molecule has 1 fully saturated rings. The Morgan fingerprint density at radius 1 is 1.77 bits per heavy atom. The van der Waals surface area contributed by atoms with Crippen LogP contribution >= 0.6 is 0 Å². The van der Waals surface area contributed by atoms with Crippen LogP contribution in [0.5, 0.6) is 0 Å². The van der Waals surface area contributed by atoms with Gasteiger partial charge in [-0.25, -0.2) is 4.98 Å². The number of aliphatic hydroxyl groups is 1. The second kappa shape index (κ2) is 2.82. The molecule has 0 radical (unpaired) electrons. The third-order valence-electron chi connectivity index (χ3n) is 2.67. The predicted octanol–water partition coefficient (Wildman–Crippen LogP) is 0.212.